The minimum Gasteiger partial charge on any atom is -0.375 e. The van der Waals surface area contributed by atoms with Crippen molar-refractivity contribution in [1.29, 1.82) is 0 Å². The highest BCUT2D eigenvalue weighted by molar-refractivity contribution is 5.76. The first kappa shape index (κ1) is 61.3. The van der Waals surface area contributed by atoms with E-state index in [9.17, 15) is 4.79 Å². The molecule has 70 heavy (non-hydrogen) atoms. The van der Waals surface area contributed by atoms with Crippen LogP contribution >= 0.6 is 0 Å². The van der Waals surface area contributed by atoms with Crippen LogP contribution in [0.3, 0.4) is 0 Å². The molecule has 0 heterocycles. The summed E-state index contributed by atoms with van der Waals surface area (Å²) in [5.41, 5.74) is 3.37. The maximum Gasteiger partial charge on any atom is 0.220 e. The van der Waals surface area contributed by atoms with Crippen LogP contribution in [0.1, 0.15) is 268 Å². The highest BCUT2D eigenvalue weighted by Gasteiger charge is 2.33. The Labute approximate surface area is 432 Å². The maximum absolute atomic E-state index is 13.9. The van der Waals surface area contributed by atoms with E-state index >= 15 is 0 Å². The number of unbranched alkanes of at least 4 members (excludes halogenated alkanes) is 33. The van der Waals surface area contributed by atoms with E-state index in [4.69, 9.17) is 14.2 Å². The molecule has 3 aromatic rings. The fraction of sp³-hybridized carbons (Fsp3) is 0.708. The van der Waals surface area contributed by atoms with Crippen LogP contribution in [0, 0.1) is 0 Å². The summed E-state index contributed by atoms with van der Waals surface area (Å²) in [6.45, 7) is 6.36. The first-order valence-electron chi connectivity index (χ1n) is 29.9. The lowest BCUT2D eigenvalue weighted by atomic mass is 9.98. The Morgan fingerprint density at radius 1 is 0.386 bits per heavy atom. The third kappa shape index (κ3) is 34.4. The minimum absolute atomic E-state index is 0.0808. The standard InChI is InChI=1S/C65H107NO4/c1-3-5-7-9-11-13-15-17-18-19-20-21-22-23-24-25-26-27-29-31-33-35-46-54-64(67)66-62(58-68-55-59-47-39-36-40-48-59)65(70-57-61-51-43-38-44-52-61)63(69-56-60-49-41-37-42-50-60)53-45-34-32-30-28-16-14-12-10-8-6-4-2/h36-44,47-52,62-63,65H,3-35,45-46,53-58H2,1-2H3,(H,66,67)/t62-,63+,65-/m0/s1. The second kappa shape index (κ2) is 45.8. The number of benzene rings is 3. The molecule has 0 saturated heterocycles. The van der Waals surface area contributed by atoms with Crippen molar-refractivity contribution >= 4 is 5.91 Å². The Balaban J connectivity index is 1.45. The molecule has 0 aliphatic carbocycles. The van der Waals surface area contributed by atoms with E-state index in [1.807, 2.05) is 24.3 Å². The van der Waals surface area contributed by atoms with E-state index in [-0.39, 0.29) is 24.2 Å². The quantitative estimate of drug-likeness (QED) is 0.0573. The van der Waals surface area contributed by atoms with Gasteiger partial charge in [0.2, 0.25) is 5.91 Å². The Hall–Kier alpha value is -2.99. The van der Waals surface area contributed by atoms with Crippen molar-refractivity contribution in [2.45, 2.75) is 289 Å². The number of carbonyl (C=O) groups is 1. The maximum atomic E-state index is 13.9. The highest BCUT2D eigenvalue weighted by atomic mass is 16.5. The van der Waals surface area contributed by atoms with Gasteiger partial charge >= 0.3 is 0 Å². The molecule has 1 N–H and O–H groups in total. The lowest BCUT2D eigenvalue weighted by Gasteiger charge is -2.34. The molecule has 5 heteroatoms. The molecular formula is C65H107NO4. The van der Waals surface area contributed by atoms with Crippen LogP contribution in [0.15, 0.2) is 91.0 Å². The summed E-state index contributed by atoms with van der Waals surface area (Å²) in [6, 6.07) is 30.8. The van der Waals surface area contributed by atoms with E-state index in [2.05, 4.69) is 85.9 Å². The van der Waals surface area contributed by atoms with E-state index in [0.717, 1.165) is 42.4 Å². The molecule has 1 amide bonds. The van der Waals surface area contributed by atoms with Crippen molar-refractivity contribution in [2.75, 3.05) is 6.61 Å². The topological polar surface area (TPSA) is 56.8 Å². The molecule has 5 nitrogen and oxygen atoms in total. The Kier molecular flexibility index (Phi) is 40.2. The van der Waals surface area contributed by atoms with Gasteiger partial charge in [0.05, 0.1) is 38.6 Å². The van der Waals surface area contributed by atoms with E-state index in [1.165, 1.54) is 205 Å². The molecule has 3 atom stereocenters. The monoisotopic (exact) mass is 966 g/mol. The summed E-state index contributed by atoms with van der Waals surface area (Å²) in [5.74, 6) is 0.0808. The van der Waals surface area contributed by atoms with Gasteiger partial charge in [-0.05, 0) is 29.5 Å². The van der Waals surface area contributed by atoms with Crippen molar-refractivity contribution in [1.82, 2.24) is 5.32 Å². The average molecular weight is 967 g/mol. The molecule has 0 radical (unpaired) electrons. The van der Waals surface area contributed by atoms with Gasteiger partial charge in [-0.3, -0.25) is 4.79 Å². The Morgan fingerprint density at radius 3 is 1.07 bits per heavy atom. The molecular weight excluding hydrogens is 859 g/mol. The first-order chi connectivity index (χ1) is 34.7. The van der Waals surface area contributed by atoms with Gasteiger partial charge in [-0.1, -0.05) is 323 Å². The second-order valence-electron chi connectivity index (χ2n) is 21.0. The Morgan fingerprint density at radius 2 is 0.700 bits per heavy atom. The summed E-state index contributed by atoms with van der Waals surface area (Å²) >= 11 is 0. The molecule has 396 valence electrons. The van der Waals surface area contributed by atoms with Crippen LogP contribution < -0.4 is 5.32 Å². The molecule has 0 saturated carbocycles. The van der Waals surface area contributed by atoms with Gasteiger partial charge in [-0.25, -0.2) is 0 Å². The van der Waals surface area contributed by atoms with Crippen LogP contribution in [-0.2, 0) is 38.8 Å². The van der Waals surface area contributed by atoms with E-state index in [0.29, 0.717) is 32.8 Å². The lowest BCUT2D eigenvalue weighted by Crippen LogP contribution is -2.53. The number of hydrogen-bond donors (Lipinski definition) is 1. The van der Waals surface area contributed by atoms with Crippen LogP contribution in [0.2, 0.25) is 0 Å². The fourth-order valence-electron chi connectivity index (χ4n) is 10.0. The smallest absolute Gasteiger partial charge is 0.220 e. The summed E-state index contributed by atoms with van der Waals surface area (Å²) in [4.78, 5) is 13.9. The van der Waals surface area contributed by atoms with Gasteiger partial charge in [-0.15, -0.1) is 0 Å². The van der Waals surface area contributed by atoms with Gasteiger partial charge < -0.3 is 19.5 Å². The SMILES string of the molecule is CCCCCCCCCCCCCCCCCCCCCCCCCC(=O)N[C@@H](COCc1ccccc1)[C@H](OCc1ccccc1)[C@@H](CCCCCCCCCCCCCC)OCc1ccccc1. The summed E-state index contributed by atoms with van der Waals surface area (Å²) < 4.78 is 20.3. The number of rotatable bonds is 50. The summed E-state index contributed by atoms with van der Waals surface area (Å²) in [6.07, 6.45) is 47.9. The van der Waals surface area contributed by atoms with Crippen molar-refractivity contribution in [3.05, 3.63) is 108 Å². The van der Waals surface area contributed by atoms with Gasteiger partial charge in [0, 0.05) is 6.42 Å². The molecule has 0 spiro atoms. The number of carbonyl (C=O) groups excluding carboxylic acids is 1. The first-order valence-corrected chi connectivity index (χ1v) is 29.9. The zero-order chi connectivity index (χ0) is 49.5. The number of hydrogen-bond acceptors (Lipinski definition) is 4. The van der Waals surface area contributed by atoms with Gasteiger partial charge in [0.15, 0.2) is 0 Å². The molecule has 0 aliphatic rings. The number of nitrogens with one attached hydrogen (secondary N) is 1. The lowest BCUT2D eigenvalue weighted by molar-refractivity contribution is -0.132. The zero-order valence-electron chi connectivity index (χ0n) is 45.5. The summed E-state index contributed by atoms with van der Waals surface area (Å²) in [5, 5.41) is 3.46. The van der Waals surface area contributed by atoms with Crippen molar-refractivity contribution < 1.29 is 19.0 Å². The largest absolute Gasteiger partial charge is 0.375 e. The van der Waals surface area contributed by atoms with Crippen molar-refractivity contribution in [3.63, 3.8) is 0 Å². The van der Waals surface area contributed by atoms with Gasteiger partial charge in [-0.2, -0.15) is 0 Å². The third-order valence-corrected chi connectivity index (χ3v) is 14.5. The average Bonchev–Trinajstić information content (AvgIpc) is 3.39. The second-order valence-corrected chi connectivity index (χ2v) is 21.0. The zero-order valence-corrected chi connectivity index (χ0v) is 45.5. The molecule has 0 bridgehead atoms. The van der Waals surface area contributed by atoms with E-state index < -0.39 is 0 Å². The summed E-state index contributed by atoms with van der Waals surface area (Å²) in [7, 11) is 0. The van der Waals surface area contributed by atoms with E-state index in [1.54, 1.807) is 0 Å². The van der Waals surface area contributed by atoms with Gasteiger partial charge in [0.1, 0.15) is 6.10 Å². The number of amides is 1. The van der Waals surface area contributed by atoms with Crippen molar-refractivity contribution in [2.24, 2.45) is 0 Å². The normalized spacial score (nSPS) is 12.8. The molecule has 0 unspecified atom stereocenters. The third-order valence-electron chi connectivity index (χ3n) is 14.5. The molecule has 0 aromatic heterocycles. The van der Waals surface area contributed by atoms with Gasteiger partial charge in [0.25, 0.3) is 0 Å². The van der Waals surface area contributed by atoms with Crippen LogP contribution in [0.4, 0.5) is 0 Å². The molecule has 3 aromatic carbocycles. The minimum atomic E-state index is -0.384. The van der Waals surface area contributed by atoms with Crippen molar-refractivity contribution in [3.8, 4) is 0 Å². The molecule has 3 rings (SSSR count). The van der Waals surface area contributed by atoms with Crippen LogP contribution in [0.25, 0.3) is 0 Å². The van der Waals surface area contributed by atoms with Crippen LogP contribution in [-0.4, -0.2) is 30.8 Å². The molecule has 0 fully saturated rings. The fourth-order valence-corrected chi connectivity index (χ4v) is 10.0. The van der Waals surface area contributed by atoms with Crippen LogP contribution in [0.5, 0.6) is 0 Å². The molecule has 0 aliphatic heterocycles. The predicted octanol–water partition coefficient (Wildman–Crippen LogP) is 19.3. The number of ether oxygens (including phenoxy) is 3. The predicted molar refractivity (Wildman–Crippen MR) is 300 cm³/mol. The highest BCUT2D eigenvalue weighted by Crippen LogP contribution is 2.23. The Bertz CT molecular complexity index is 1530.